The zero-order valence-electron chi connectivity index (χ0n) is 17.2. The Bertz CT molecular complexity index is 773. The van der Waals surface area contributed by atoms with Gasteiger partial charge in [0.15, 0.2) is 0 Å². The zero-order valence-corrected chi connectivity index (χ0v) is 18.0. The van der Waals surface area contributed by atoms with Gasteiger partial charge in [-0.1, -0.05) is 13.0 Å². The number of ether oxygens (including phenoxy) is 2. The Morgan fingerprint density at radius 1 is 1.30 bits per heavy atom. The number of benzene rings is 1. The normalized spacial score (nSPS) is 12.1. The maximum Gasteiger partial charge on any atom is 0.249 e. The van der Waals surface area contributed by atoms with E-state index >= 15 is 0 Å². The van der Waals surface area contributed by atoms with Crippen LogP contribution in [0.2, 0.25) is 0 Å². The van der Waals surface area contributed by atoms with Crippen molar-refractivity contribution < 1.29 is 14.3 Å². The first-order chi connectivity index (χ1) is 12.8. The van der Waals surface area contributed by atoms with Gasteiger partial charge in [0, 0.05) is 18.5 Å². The molecular weight excluding hydrogens is 360 g/mol. The monoisotopic (exact) mass is 390 g/mol. The van der Waals surface area contributed by atoms with Gasteiger partial charge in [0.25, 0.3) is 0 Å². The number of rotatable bonds is 9. The van der Waals surface area contributed by atoms with E-state index in [0.717, 1.165) is 28.4 Å². The quantitative estimate of drug-likeness (QED) is 0.636. The summed E-state index contributed by atoms with van der Waals surface area (Å²) in [4.78, 5) is 18.8. The van der Waals surface area contributed by atoms with Crippen molar-refractivity contribution in [2.24, 2.45) is 0 Å². The summed E-state index contributed by atoms with van der Waals surface area (Å²) in [6.07, 6.45) is 0.890. The van der Waals surface area contributed by atoms with E-state index in [1.165, 1.54) is 11.1 Å². The van der Waals surface area contributed by atoms with Gasteiger partial charge in [0.1, 0.15) is 24.0 Å². The largest absolute Gasteiger partial charge is 0.486 e. The predicted molar refractivity (Wildman–Crippen MR) is 109 cm³/mol. The second-order valence-corrected chi connectivity index (χ2v) is 7.88. The molecule has 0 fully saturated rings. The van der Waals surface area contributed by atoms with E-state index in [4.69, 9.17) is 9.47 Å². The number of carbonyl (C=O) groups is 1. The highest BCUT2D eigenvalue weighted by Crippen LogP contribution is 2.25. The molecule has 0 saturated carbocycles. The van der Waals surface area contributed by atoms with Gasteiger partial charge in [-0.3, -0.25) is 4.79 Å². The van der Waals surface area contributed by atoms with Crippen molar-refractivity contribution in [2.75, 3.05) is 13.7 Å². The Hall–Kier alpha value is -1.92. The van der Waals surface area contributed by atoms with Crippen molar-refractivity contribution in [1.29, 1.82) is 0 Å². The number of thiazole rings is 1. The standard InChI is InChI=1S/C21H30N2O3S/c1-7-16(4)23(21(24)12-25-6)10-18-13-27-20(22-18)11-26-19-9-14(2)8-15(3)17(19)5/h8-9,13,16H,7,10-12H2,1-6H3/t16-/m0/s1. The number of nitrogens with zero attached hydrogens (tertiary/aromatic N) is 2. The highest BCUT2D eigenvalue weighted by molar-refractivity contribution is 7.09. The first-order valence-corrected chi connectivity index (χ1v) is 10.2. The maximum absolute atomic E-state index is 12.3. The second kappa shape index (κ2) is 9.85. The van der Waals surface area contributed by atoms with Gasteiger partial charge in [0.2, 0.25) is 5.91 Å². The average Bonchev–Trinajstić information content (AvgIpc) is 3.08. The third-order valence-electron chi connectivity index (χ3n) is 4.76. The molecule has 5 nitrogen and oxygen atoms in total. The molecule has 0 aliphatic heterocycles. The molecule has 0 saturated heterocycles. The van der Waals surface area contributed by atoms with Crippen LogP contribution in [0.4, 0.5) is 0 Å². The zero-order chi connectivity index (χ0) is 20.0. The summed E-state index contributed by atoms with van der Waals surface area (Å²) in [7, 11) is 1.54. The molecule has 6 heteroatoms. The Morgan fingerprint density at radius 3 is 2.70 bits per heavy atom. The molecule has 2 aromatic rings. The lowest BCUT2D eigenvalue weighted by Gasteiger charge is -2.27. The summed E-state index contributed by atoms with van der Waals surface area (Å²) in [6.45, 7) is 11.4. The Labute approximate surface area is 166 Å². The van der Waals surface area contributed by atoms with E-state index in [0.29, 0.717) is 13.2 Å². The number of aryl methyl sites for hydroxylation is 2. The van der Waals surface area contributed by atoms with E-state index in [1.807, 2.05) is 17.2 Å². The van der Waals surface area contributed by atoms with Crippen LogP contribution in [0.1, 0.15) is 47.7 Å². The summed E-state index contributed by atoms with van der Waals surface area (Å²) in [5.74, 6) is 0.893. The maximum atomic E-state index is 12.3. The number of carbonyl (C=O) groups excluding carboxylic acids is 1. The fourth-order valence-corrected chi connectivity index (χ4v) is 3.57. The van der Waals surface area contributed by atoms with Crippen LogP contribution in [0, 0.1) is 20.8 Å². The third kappa shape index (κ3) is 5.78. The first kappa shape index (κ1) is 21.4. The summed E-state index contributed by atoms with van der Waals surface area (Å²) in [5, 5.41) is 2.91. The summed E-state index contributed by atoms with van der Waals surface area (Å²) < 4.78 is 11.0. The van der Waals surface area contributed by atoms with Gasteiger partial charge in [0.05, 0.1) is 12.2 Å². The SMILES string of the molecule is CC[C@H](C)N(Cc1csc(COc2cc(C)cc(C)c2C)n1)C(=O)COC. The lowest BCUT2D eigenvalue weighted by atomic mass is 10.1. The van der Waals surface area contributed by atoms with Crippen LogP contribution in [0.25, 0.3) is 0 Å². The smallest absolute Gasteiger partial charge is 0.249 e. The molecule has 0 bridgehead atoms. The van der Waals surface area contributed by atoms with Gasteiger partial charge in [-0.25, -0.2) is 4.98 Å². The fourth-order valence-electron chi connectivity index (χ4n) is 2.87. The van der Waals surface area contributed by atoms with Crippen LogP contribution in [0.5, 0.6) is 5.75 Å². The highest BCUT2D eigenvalue weighted by Gasteiger charge is 2.20. The van der Waals surface area contributed by atoms with Crippen molar-refractivity contribution in [3.63, 3.8) is 0 Å². The molecule has 148 valence electrons. The van der Waals surface area contributed by atoms with Crippen LogP contribution in [0.3, 0.4) is 0 Å². The van der Waals surface area contributed by atoms with Crippen molar-refractivity contribution in [3.8, 4) is 5.75 Å². The minimum atomic E-state index is -0.0106. The van der Waals surface area contributed by atoms with Crippen molar-refractivity contribution in [3.05, 3.63) is 44.9 Å². The summed E-state index contributed by atoms with van der Waals surface area (Å²) in [6, 6.07) is 4.36. The number of hydrogen-bond donors (Lipinski definition) is 0. The predicted octanol–water partition coefficient (Wildman–Crippen LogP) is 4.42. The lowest BCUT2D eigenvalue weighted by Crippen LogP contribution is -2.39. The summed E-state index contributed by atoms with van der Waals surface area (Å²) >= 11 is 1.56. The molecule has 0 spiro atoms. The van der Waals surface area contributed by atoms with Crippen LogP contribution >= 0.6 is 11.3 Å². The number of hydrogen-bond acceptors (Lipinski definition) is 5. The van der Waals surface area contributed by atoms with E-state index < -0.39 is 0 Å². The molecule has 1 heterocycles. The van der Waals surface area contributed by atoms with Gasteiger partial charge < -0.3 is 14.4 Å². The number of aromatic nitrogens is 1. The van der Waals surface area contributed by atoms with Crippen molar-refractivity contribution in [2.45, 2.75) is 60.2 Å². The molecule has 0 aliphatic carbocycles. The minimum Gasteiger partial charge on any atom is -0.486 e. The summed E-state index contributed by atoms with van der Waals surface area (Å²) in [5.41, 5.74) is 4.46. The van der Waals surface area contributed by atoms with Crippen molar-refractivity contribution >= 4 is 17.2 Å². The molecule has 1 amide bonds. The average molecular weight is 391 g/mol. The Morgan fingerprint density at radius 2 is 2.04 bits per heavy atom. The Kier molecular flexibility index (Phi) is 7.80. The van der Waals surface area contributed by atoms with Gasteiger partial charge in [-0.05, 0) is 56.9 Å². The van der Waals surface area contributed by atoms with E-state index in [1.54, 1.807) is 18.4 Å². The van der Waals surface area contributed by atoms with E-state index in [9.17, 15) is 4.79 Å². The van der Waals surface area contributed by atoms with Crippen LogP contribution in [-0.4, -0.2) is 35.5 Å². The molecular formula is C21H30N2O3S. The number of methoxy groups -OCH3 is 1. The second-order valence-electron chi connectivity index (χ2n) is 6.94. The first-order valence-electron chi connectivity index (χ1n) is 9.28. The molecule has 27 heavy (non-hydrogen) atoms. The fraction of sp³-hybridized carbons (Fsp3) is 0.524. The molecule has 0 unspecified atom stereocenters. The highest BCUT2D eigenvalue weighted by atomic mass is 32.1. The van der Waals surface area contributed by atoms with Gasteiger partial charge >= 0.3 is 0 Å². The molecule has 2 rings (SSSR count). The molecule has 1 atom stereocenters. The van der Waals surface area contributed by atoms with Crippen molar-refractivity contribution in [1.82, 2.24) is 9.88 Å². The van der Waals surface area contributed by atoms with Crippen LogP contribution in [0.15, 0.2) is 17.5 Å². The van der Waals surface area contributed by atoms with Crippen LogP contribution < -0.4 is 4.74 Å². The Balaban J connectivity index is 2.04. The van der Waals surface area contributed by atoms with Crippen LogP contribution in [-0.2, 0) is 22.7 Å². The van der Waals surface area contributed by atoms with E-state index in [2.05, 4.69) is 44.8 Å². The molecule has 0 aliphatic rings. The minimum absolute atomic E-state index is 0.0106. The van der Waals surface area contributed by atoms with E-state index in [-0.39, 0.29) is 18.6 Å². The molecule has 1 aromatic carbocycles. The third-order valence-corrected chi connectivity index (χ3v) is 5.63. The topological polar surface area (TPSA) is 51.7 Å². The van der Waals surface area contributed by atoms with Gasteiger partial charge in [-0.15, -0.1) is 11.3 Å². The van der Waals surface area contributed by atoms with Gasteiger partial charge in [-0.2, -0.15) is 0 Å². The number of amides is 1. The molecule has 0 radical (unpaired) electrons. The molecule has 1 aromatic heterocycles. The lowest BCUT2D eigenvalue weighted by molar-refractivity contribution is -0.138. The molecule has 0 N–H and O–H groups in total.